The summed E-state index contributed by atoms with van der Waals surface area (Å²) in [4.78, 5) is 2.45. The molecule has 1 fully saturated rings. The van der Waals surface area contributed by atoms with Crippen molar-refractivity contribution in [3.8, 4) is 0 Å². The molecule has 0 unspecified atom stereocenters. The molecule has 2 heterocycles. The second kappa shape index (κ2) is 6.16. The van der Waals surface area contributed by atoms with Gasteiger partial charge in [-0.3, -0.25) is 0 Å². The maximum atomic E-state index is 2.60. The lowest BCUT2D eigenvalue weighted by atomic mass is 9.95. The summed E-state index contributed by atoms with van der Waals surface area (Å²) in [7, 11) is 2.24. The van der Waals surface area contributed by atoms with Crippen molar-refractivity contribution in [2.24, 2.45) is 0 Å². The van der Waals surface area contributed by atoms with Gasteiger partial charge in [-0.25, -0.2) is 0 Å². The molecular formula is C21H28N2. The number of aryl methyl sites for hydroxylation is 1. The zero-order valence-corrected chi connectivity index (χ0v) is 14.6. The summed E-state index contributed by atoms with van der Waals surface area (Å²) in [5.41, 5.74) is 7.64. The van der Waals surface area contributed by atoms with Crippen molar-refractivity contribution in [3.05, 3.63) is 46.7 Å². The average molecular weight is 308 g/mol. The summed E-state index contributed by atoms with van der Waals surface area (Å²) >= 11 is 0. The Morgan fingerprint density at radius 2 is 1.91 bits per heavy atom. The highest BCUT2D eigenvalue weighted by Gasteiger charge is 2.22. The highest BCUT2D eigenvalue weighted by Crippen LogP contribution is 2.32. The Labute approximate surface area is 139 Å². The van der Waals surface area contributed by atoms with E-state index in [1.165, 1.54) is 61.5 Å². The number of rotatable bonds is 2. The largest absolute Gasteiger partial charge is 0.340 e. The van der Waals surface area contributed by atoms with E-state index in [0.29, 0.717) is 0 Å². The van der Waals surface area contributed by atoms with E-state index < -0.39 is 0 Å². The molecule has 2 aromatic rings. The predicted molar refractivity (Wildman–Crippen MR) is 97.9 cm³/mol. The van der Waals surface area contributed by atoms with Crippen molar-refractivity contribution >= 4 is 10.9 Å². The third-order valence-corrected chi connectivity index (χ3v) is 5.66. The van der Waals surface area contributed by atoms with Crippen LogP contribution in [0.4, 0.5) is 0 Å². The van der Waals surface area contributed by atoms with Crippen molar-refractivity contribution in [1.82, 2.24) is 9.47 Å². The lowest BCUT2D eigenvalue weighted by Crippen LogP contribution is -2.27. The number of likely N-dealkylation sites (N-methyl/N-ethyl adjacent to an activating group) is 1. The Morgan fingerprint density at radius 1 is 1.09 bits per heavy atom. The van der Waals surface area contributed by atoms with Crippen LogP contribution in [0.25, 0.3) is 10.9 Å². The molecule has 1 aliphatic carbocycles. The zero-order valence-electron chi connectivity index (χ0n) is 14.6. The van der Waals surface area contributed by atoms with Gasteiger partial charge < -0.3 is 9.47 Å². The molecule has 1 saturated carbocycles. The van der Waals surface area contributed by atoms with E-state index in [-0.39, 0.29) is 0 Å². The average Bonchev–Trinajstić information content (AvgIpc) is 2.86. The molecule has 0 atom stereocenters. The minimum Gasteiger partial charge on any atom is -0.340 e. The summed E-state index contributed by atoms with van der Waals surface area (Å²) < 4.78 is 2.60. The minimum atomic E-state index is 1.06. The molecule has 2 aliphatic rings. The molecule has 122 valence electrons. The fourth-order valence-corrected chi connectivity index (χ4v) is 4.34. The van der Waals surface area contributed by atoms with Crippen molar-refractivity contribution < 1.29 is 0 Å². The fourth-order valence-electron chi connectivity index (χ4n) is 4.34. The monoisotopic (exact) mass is 308 g/mol. The first-order chi connectivity index (χ1) is 11.2. The number of hydrogen-bond acceptors (Lipinski definition) is 1. The molecule has 0 radical (unpaired) electrons. The quantitative estimate of drug-likeness (QED) is 0.722. The Balaban J connectivity index is 1.76. The first-order valence-electron chi connectivity index (χ1n) is 9.19. The topological polar surface area (TPSA) is 8.17 Å². The molecule has 1 aromatic carbocycles. The molecule has 2 heteroatoms. The molecule has 0 amide bonds. The Bertz CT molecular complexity index is 743. The van der Waals surface area contributed by atoms with Crippen molar-refractivity contribution in [3.63, 3.8) is 0 Å². The van der Waals surface area contributed by atoms with E-state index in [0.717, 1.165) is 13.1 Å². The fraction of sp³-hybridized carbons (Fsp3) is 0.524. The summed E-state index contributed by atoms with van der Waals surface area (Å²) in [5, 5.41) is 1.48. The maximum absolute atomic E-state index is 2.60. The van der Waals surface area contributed by atoms with Gasteiger partial charge in [0.2, 0.25) is 0 Å². The Morgan fingerprint density at radius 3 is 2.74 bits per heavy atom. The van der Waals surface area contributed by atoms with Gasteiger partial charge in [0.25, 0.3) is 0 Å². The maximum Gasteiger partial charge on any atom is 0.0489 e. The van der Waals surface area contributed by atoms with Crippen LogP contribution in [0.3, 0.4) is 0 Å². The number of aromatic nitrogens is 1. The molecule has 23 heavy (non-hydrogen) atoms. The summed E-state index contributed by atoms with van der Waals surface area (Å²) in [6.07, 6.45) is 10.6. The SMILES string of the molecule is Cc1ccc2c(c1)c1c(n2CC=C2CCCCC2)CCN(C)C1. The van der Waals surface area contributed by atoms with Gasteiger partial charge in [-0.2, -0.15) is 0 Å². The molecule has 0 saturated heterocycles. The molecule has 1 aromatic heterocycles. The van der Waals surface area contributed by atoms with Crippen molar-refractivity contribution in [2.45, 2.75) is 58.5 Å². The van der Waals surface area contributed by atoms with Gasteiger partial charge in [0.15, 0.2) is 0 Å². The standard InChI is InChI=1S/C21H28N2/c1-16-8-9-20-18(14-16)19-15-22(2)12-11-21(19)23(20)13-10-17-6-4-3-5-7-17/h8-10,14H,3-7,11-13,15H2,1-2H3. The van der Waals surface area contributed by atoms with Crippen LogP contribution in [-0.4, -0.2) is 23.1 Å². The number of nitrogens with zero attached hydrogens (tertiary/aromatic N) is 2. The van der Waals surface area contributed by atoms with Crippen LogP contribution in [0.2, 0.25) is 0 Å². The van der Waals surface area contributed by atoms with E-state index in [1.54, 1.807) is 16.8 Å². The van der Waals surface area contributed by atoms with Gasteiger partial charge in [0, 0.05) is 42.7 Å². The molecular weight excluding hydrogens is 280 g/mol. The molecule has 2 nitrogen and oxygen atoms in total. The van der Waals surface area contributed by atoms with Gasteiger partial charge in [0.05, 0.1) is 0 Å². The first kappa shape index (κ1) is 15.0. The van der Waals surface area contributed by atoms with E-state index in [4.69, 9.17) is 0 Å². The van der Waals surface area contributed by atoms with Gasteiger partial charge in [-0.05, 0) is 57.4 Å². The van der Waals surface area contributed by atoms with E-state index in [2.05, 4.69) is 47.7 Å². The van der Waals surface area contributed by atoms with Gasteiger partial charge in [-0.1, -0.05) is 29.7 Å². The van der Waals surface area contributed by atoms with Crippen LogP contribution in [0, 0.1) is 6.92 Å². The molecule has 0 N–H and O–H groups in total. The zero-order chi connectivity index (χ0) is 15.8. The van der Waals surface area contributed by atoms with Crippen LogP contribution in [0.5, 0.6) is 0 Å². The highest BCUT2D eigenvalue weighted by molar-refractivity contribution is 5.86. The van der Waals surface area contributed by atoms with Crippen molar-refractivity contribution in [1.29, 1.82) is 0 Å². The highest BCUT2D eigenvalue weighted by atomic mass is 15.1. The lowest BCUT2D eigenvalue weighted by Gasteiger charge is -2.24. The molecule has 1 aliphatic heterocycles. The summed E-state index contributed by atoms with van der Waals surface area (Å²) in [5.74, 6) is 0. The van der Waals surface area contributed by atoms with Crippen LogP contribution in [0.1, 0.15) is 48.9 Å². The second-order valence-corrected chi connectivity index (χ2v) is 7.47. The third-order valence-electron chi connectivity index (χ3n) is 5.66. The van der Waals surface area contributed by atoms with Gasteiger partial charge >= 0.3 is 0 Å². The number of allylic oxidation sites excluding steroid dienone is 2. The second-order valence-electron chi connectivity index (χ2n) is 7.47. The van der Waals surface area contributed by atoms with Crippen LogP contribution >= 0.6 is 0 Å². The minimum absolute atomic E-state index is 1.06. The Hall–Kier alpha value is -1.54. The normalized spacial score (nSPS) is 19.1. The molecule has 4 rings (SSSR count). The number of hydrogen-bond donors (Lipinski definition) is 0. The number of fused-ring (bicyclic) bond motifs is 3. The third kappa shape index (κ3) is 2.85. The van der Waals surface area contributed by atoms with Crippen molar-refractivity contribution in [2.75, 3.05) is 13.6 Å². The predicted octanol–water partition coefficient (Wildman–Crippen LogP) is 4.83. The van der Waals surface area contributed by atoms with Gasteiger partial charge in [-0.15, -0.1) is 0 Å². The van der Waals surface area contributed by atoms with Crippen LogP contribution in [-0.2, 0) is 19.5 Å². The van der Waals surface area contributed by atoms with Crippen LogP contribution in [0.15, 0.2) is 29.8 Å². The lowest BCUT2D eigenvalue weighted by molar-refractivity contribution is 0.310. The van der Waals surface area contributed by atoms with Gasteiger partial charge in [0.1, 0.15) is 0 Å². The number of benzene rings is 1. The molecule has 0 bridgehead atoms. The van der Waals surface area contributed by atoms with Crippen LogP contribution < -0.4 is 0 Å². The summed E-state index contributed by atoms with van der Waals surface area (Å²) in [6.45, 7) is 5.55. The van der Waals surface area contributed by atoms with E-state index in [9.17, 15) is 0 Å². The smallest absolute Gasteiger partial charge is 0.0489 e. The summed E-state index contributed by atoms with van der Waals surface area (Å²) in [6, 6.07) is 6.99. The molecule has 0 spiro atoms. The first-order valence-corrected chi connectivity index (χ1v) is 9.19. The van der Waals surface area contributed by atoms with E-state index >= 15 is 0 Å². The Kier molecular flexibility index (Phi) is 4.02. The van der Waals surface area contributed by atoms with E-state index in [1.807, 2.05) is 0 Å².